The lowest BCUT2D eigenvalue weighted by atomic mass is 10.2. The largest absolute Gasteiger partial charge is 0.410 e. The molecule has 1 rings (SSSR count). The summed E-state index contributed by atoms with van der Waals surface area (Å²) in [6.07, 6.45) is 1.18. The maximum atomic E-state index is 12.7. The molecule has 0 bridgehead atoms. The summed E-state index contributed by atoms with van der Waals surface area (Å²) >= 11 is 0. The van der Waals surface area contributed by atoms with Crippen LogP contribution in [0.25, 0.3) is 0 Å². The van der Waals surface area contributed by atoms with Crippen molar-refractivity contribution in [2.45, 2.75) is 32.6 Å². The highest BCUT2D eigenvalue weighted by molar-refractivity contribution is 7.89. The second-order valence-electron chi connectivity index (χ2n) is 5.86. The van der Waals surface area contributed by atoms with Gasteiger partial charge >= 0.3 is 5.82 Å². The van der Waals surface area contributed by atoms with Gasteiger partial charge in [-0.1, -0.05) is 27.7 Å². The van der Waals surface area contributed by atoms with Gasteiger partial charge < -0.3 is 10.1 Å². The molecule has 0 unspecified atom stereocenters. The van der Waals surface area contributed by atoms with Gasteiger partial charge in [0.2, 0.25) is 4.90 Å². The number of nitro groups is 1. The van der Waals surface area contributed by atoms with E-state index in [9.17, 15) is 18.5 Å². The molecule has 0 saturated carbocycles. The van der Waals surface area contributed by atoms with Gasteiger partial charge in [0.25, 0.3) is 10.0 Å². The third-order valence-electron chi connectivity index (χ3n) is 2.71. The van der Waals surface area contributed by atoms with Crippen molar-refractivity contribution in [3.63, 3.8) is 0 Å². The average Bonchev–Trinajstić information content (AvgIpc) is 2.70. The molecule has 120 valence electrons. The fourth-order valence-electron chi connectivity index (χ4n) is 1.99. The van der Waals surface area contributed by atoms with E-state index in [4.69, 9.17) is 0 Å². The second-order valence-corrected chi connectivity index (χ2v) is 7.76. The molecule has 0 N–H and O–H groups in total. The van der Waals surface area contributed by atoms with E-state index in [1.165, 1.54) is 17.5 Å². The van der Waals surface area contributed by atoms with Crippen molar-refractivity contribution in [3.8, 4) is 0 Å². The standard InChI is InChI=1S/C12H22N4O4S/c1-9(2)6-15(7-10(3)4)21(19,20)11-8-14(5)13-12(11)16(17)18/h8-10H,6-7H2,1-5H3. The highest BCUT2D eigenvalue weighted by atomic mass is 32.2. The fraction of sp³-hybridized carbons (Fsp3) is 0.750. The Morgan fingerprint density at radius 3 is 2.14 bits per heavy atom. The minimum absolute atomic E-state index is 0.120. The summed E-state index contributed by atoms with van der Waals surface area (Å²) in [6, 6.07) is 0. The van der Waals surface area contributed by atoms with Gasteiger partial charge in [0.15, 0.2) is 0 Å². The van der Waals surface area contributed by atoms with E-state index in [1.807, 2.05) is 27.7 Å². The monoisotopic (exact) mass is 318 g/mol. The Hall–Kier alpha value is -1.48. The van der Waals surface area contributed by atoms with Gasteiger partial charge in [-0.05, 0) is 16.8 Å². The summed E-state index contributed by atoms with van der Waals surface area (Å²) < 4.78 is 27.9. The third kappa shape index (κ3) is 4.24. The van der Waals surface area contributed by atoms with E-state index in [1.54, 1.807) is 0 Å². The highest BCUT2D eigenvalue weighted by Gasteiger charge is 2.35. The van der Waals surface area contributed by atoms with Crippen LogP contribution in [0.4, 0.5) is 5.82 Å². The van der Waals surface area contributed by atoms with Crippen LogP contribution in [-0.4, -0.2) is 40.5 Å². The number of nitrogens with zero attached hydrogens (tertiary/aromatic N) is 4. The Morgan fingerprint density at radius 2 is 1.76 bits per heavy atom. The van der Waals surface area contributed by atoms with Crippen molar-refractivity contribution in [2.24, 2.45) is 18.9 Å². The van der Waals surface area contributed by atoms with Crippen LogP contribution in [0, 0.1) is 22.0 Å². The van der Waals surface area contributed by atoms with Crippen LogP contribution in [0.15, 0.2) is 11.1 Å². The molecule has 0 aliphatic carbocycles. The van der Waals surface area contributed by atoms with Crippen LogP contribution in [-0.2, 0) is 17.1 Å². The summed E-state index contributed by atoms with van der Waals surface area (Å²) in [6.45, 7) is 8.24. The van der Waals surface area contributed by atoms with Crippen molar-refractivity contribution in [3.05, 3.63) is 16.3 Å². The number of hydrogen-bond donors (Lipinski definition) is 0. The van der Waals surface area contributed by atoms with E-state index in [-0.39, 0.29) is 16.7 Å². The van der Waals surface area contributed by atoms with Crippen LogP contribution >= 0.6 is 0 Å². The number of aromatic nitrogens is 2. The van der Waals surface area contributed by atoms with Crippen molar-refractivity contribution in [1.29, 1.82) is 0 Å². The lowest BCUT2D eigenvalue weighted by molar-refractivity contribution is -0.392. The zero-order valence-corrected chi connectivity index (χ0v) is 13.8. The van der Waals surface area contributed by atoms with Gasteiger partial charge in [-0.25, -0.2) is 8.42 Å². The predicted molar refractivity (Wildman–Crippen MR) is 78.3 cm³/mol. The van der Waals surface area contributed by atoms with Gasteiger partial charge in [0, 0.05) is 13.1 Å². The van der Waals surface area contributed by atoms with Crippen molar-refractivity contribution >= 4 is 15.8 Å². The first-order chi connectivity index (χ1) is 9.55. The quantitative estimate of drug-likeness (QED) is 0.562. The first-order valence-electron chi connectivity index (χ1n) is 6.73. The summed E-state index contributed by atoms with van der Waals surface area (Å²) in [4.78, 5) is 9.88. The van der Waals surface area contributed by atoms with Crippen LogP contribution in [0.3, 0.4) is 0 Å². The lowest BCUT2D eigenvalue weighted by Crippen LogP contribution is -2.37. The molecule has 21 heavy (non-hydrogen) atoms. The molecule has 0 saturated heterocycles. The zero-order valence-electron chi connectivity index (χ0n) is 13.0. The molecular formula is C12H22N4O4S. The lowest BCUT2D eigenvalue weighted by Gasteiger charge is -2.24. The molecule has 1 heterocycles. The zero-order chi connectivity index (χ0) is 16.4. The highest BCUT2D eigenvalue weighted by Crippen LogP contribution is 2.26. The molecule has 0 aliphatic rings. The first-order valence-corrected chi connectivity index (χ1v) is 8.17. The molecule has 0 spiro atoms. The number of aryl methyl sites for hydroxylation is 1. The van der Waals surface area contributed by atoms with Crippen LogP contribution < -0.4 is 0 Å². The summed E-state index contributed by atoms with van der Waals surface area (Å²) in [5.41, 5.74) is 0. The molecule has 0 fully saturated rings. The smallest absolute Gasteiger partial charge is 0.358 e. The van der Waals surface area contributed by atoms with E-state index < -0.39 is 20.8 Å². The molecule has 9 heteroatoms. The van der Waals surface area contributed by atoms with Crippen LogP contribution in [0.5, 0.6) is 0 Å². The summed E-state index contributed by atoms with van der Waals surface area (Å²) in [7, 11) is -2.48. The van der Waals surface area contributed by atoms with E-state index >= 15 is 0 Å². The first kappa shape index (κ1) is 17.6. The van der Waals surface area contributed by atoms with Crippen molar-refractivity contribution in [1.82, 2.24) is 14.1 Å². The minimum Gasteiger partial charge on any atom is -0.358 e. The number of rotatable bonds is 7. The Morgan fingerprint density at radius 1 is 1.29 bits per heavy atom. The predicted octanol–water partition coefficient (Wildman–Crippen LogP) is 1.63. The molecule has 0 aromatic carbocycles. The SMILES string of the molecule is CC(C)CN(CC(C)C)S(=O)(=O)c1cn(C)nc1[N+](=O)[O-]. The van der Waals surface area contributed by atoms with Gasteiger partial charge in [-0.3, -0.25) is 0 Å². The van der Waals surface area contributed by atoms with E-state index in [0.717, 1.165) is 4.68 Å². The van der Waals surface area contributed by atoms with Crippen LogP contribution in [0.1, 0.15) is 27.7 Å². The normalized spacial score (nSPS) is 12.6. The Balaban J connectivity index is 3.31. The van der Waals surface area contributed by atoms with Gasteiger partial charge in [-0.2, -0.15) is 8.99 Å². The number of hydrogen-bond acceptors (Lipinski definition) is 5. The maximum absolute atomic E-state index is 12.7. The van der Waals surface area contributed by atoms with Crippen LogP contribution in [0.2, 0.25) is 0 Å². The number of sulfonamides is 1. The third-order valence-corrected chi connectivity index (χ3v) is 4.53. The van der Waals surface area contributed by atoms with Crippen molar-refractivity contribution < 1.29 is 13.3 Å². The van der Waals surface area contributed by atoms with Gasteiger partial charge in [0.05, 0.1) is 18.3 Å². The summed E-state index contributed by atoms with van der Waals surface area (Å²) in [5.74, 6) is -0.390. The van der Waals surface area contributed by atoms with Gasteiger partial charge in [0.1, 0.15) is 0 Å². The van der Waals surface area contributed by atoms with Crippen molar-refractivity contribution in [2.75, 3.05) is 13.1 Å². The summed E-state index contributed by atoms with van der Waals surface area (Å²) in [5, 5.41) is 14.6. The molecule has 0 atom stereocenters. The average molecular weight is 318 g/mol. The van der Waals surface area contributed by atoms with E-state index in [0.29, 0.717) is 13.1 Å². The van der Waals surface area contributed by atoms with Gasteiger partial charge in [-0.15, -0.1) is 0 Å². The molecule has 0 radical (unpaired) electrons. The van der Waals surface area contributed by atoms with E-state index in [2.05, 4.69) is 5.10 Å². The Labute approximate surface area is 124 Å². The topological polar surface area (TPSA) is 98.3 Å². The molecule has 0 amide bonds. The fourth-order valence-corrected chi connectivity index (χ4v) is 3.89. The molecule has 0 aliphatic heterocycles. The molecule has 1 aromatic heterocycles. The molecular weight excluding hydrogens is 296 g/mol. The maximum Gasteiger partial charge on any atom is 0.410 e. The molecule has 1 aromatic rings. The second kappa shape index (κ2) is 6.52. The Bertz CT molecular complexity index is 597. The molecule has 8 nitrogen and oxygen atoms in total. The minimum atomic E-state index is -3.94. The Kier molecular flexibility index (Phi) is 5.46.